The van der Waals surface area contributed by atoms with E-state index in [1.165, 1.54) is 0 Å². The summed E-state index contributed by atoms with van der Waals surface area (Å²) in [5, 5.41) is 17.7. The number of aliphatic hydroxyl groups excluding tert-OH is 2. The summed E-state index contributed by atoms with van der Waals surface area (Å²) in [5.74, 6) is 0. The Hall–Kier alpha value is 0.580. The van der Waals surface area contributed by atoms with Crippen LogP contribution in [0.4, 0.5) is 0 Å². The van der Waals surface area contributed by atoms with E-state index in [1.807, 2.05) is 0 Å². The van der Waals surface area contributed by atoms with Crippen molar-refractivity contribution in [1.29, 1.82) is 0 Å². The van der Waals surface area contributed by atoms with Crippen molar-refractivity contribution < 1.29 is 14.9 Å². The highest BCUT2D eigenvalue weighted by Gasteiger charge is 2.12. The van der Waals surface area contributed by atoms with Crippen LogP contribution in [0.25, 0.3) is 0 Å². The lowest BCUT2D eigenvalue weighted by Crippen LogP contribution is -2.26. The van der Waals surface area contributed by atoms with Crippen LogP contribution in [0.3, 0.4) is 0 Å². The Morgan fingerprint density at radius 3 is 2.36 bits per heavy atom. The zero-order valence-corrected chi connectivity index (χ0v) is 8.13. The number of hydrogen-bond acceptors (Lipinski definition) is 5. The highest BCUT2D eigenvalue weighted by atomic mass is 32.2. The molecule has 0 aromatic rings. The Bertz CT molecular complexity index is 99.8. The fourth-order valence-corrected chi connectivity index (χ4v) is 0.574. The van der Waals surface area contributed by atoms with Crippen LogP contribution in [0, 0.1) is 0 Å². The first-order chi connectivity index (χ1) is 5.07. The van der Waals surface area contributed by atoms with E-state index in [4.69, 9.17) is 14.9 Å². The minimum Gasteiger partial charge on any atom is -0.394 e. The van der Waals surface area contributed by atoms with Crippen molar-refractivity contribution in [1.82, 2.24) is 0 Å². The Balaban J connectivity index is 3.37. The summed E-state index contributed by atoms with van der Waals surface area (Å²) in [6.45, 7) is 1.83. The number of hydrogen-bond donors (Lipinski definition) is 4. The predicted molar refractivity (Wildman–Crippen MR) is 50.3 cm³/mol. The van der Waals surface area contributed by atoms with Crippen LogP contribution in [-0.4, -0.2) is 40.2 Å². The van der Waals surface area contributed by atoms with Gasteiger partial charge in [-0.25, -0.2) is 0 Å². The zero-order chi connectivity index (χ0) is 8.85. The van der Waals surface area contributed by atoms with E-state index in [1.54, 1.807) is 6.92 Å². The van der Waals surface area contributed by atoms with Crippen molar-refractivity contribution in [2.75, 3.05) is 13.2 Å². The smallest absolute Gasteiger partial charge is 0.0978 e. The molecule has 0 bridgehead atoms. The molecule has 0 radical (unpaired) electrons. The molecule has 0 heterocycles. The minimum absolute atomic E-state index is 0.0451. The van der Waals surface area contributed by atoms with Gasteiger partial charge in [0.05, 0.1) is 30.0 Å². The van der Waals surface area contributed by atoms with Gasteiger partial charge in [-0.3, -0.25) is 0 Å². The second kappa shape index (κ2) is 6.14. The first-order valence-electron chi connectivity index (χ1n) is 3.34. The average molecular weight is 198 g/mol. The third kappa shape index (κ3) is 5.81. The molecule has 0 saturated carbocycles. The molecular weight excluding hydrogens is 184 g/mol. The topological polar surface area (TPSA) is 49.7 Å². The van der Waals surface area contributed by atoms with Gasteiger partial charge < -0.3 is 14.9 Å². The molecule has 0 aliphatic rings. The van der Waals surface area contributed by atoms with Gasteiger partial charge in [0.2, 0.25) is 0 Å². The van der Waals surface area contributed by atoms with Crippen LogP contribution in [0.1, 0.15) is 6.92 Å². The first kappa shape index (κ1) is 11.6. The molecule has 0 spiro atoms. The molecule has 2 atom stereocenters. The SMILES string of the molecule is CC(CO)OCC(O)C(S)S. The van der Waals surface area contributed by atoms with Gasteiger partial charge >= 0.3 is 0 Å². The van der Waals surface area contributed by atoms with E-state index in [0.717, 1.165) is 0 Å². The van der Waals surface area contributed by atoms with Gasteiger partial charge in [0.15, 0.2) is 0 Å². The van der Waals surface area contributed by atoms with E-state index in [-0.39, 0.29) is 19.3 Å². The van der Waals surface area contributed by atoms with Gasteiger partial charge in [-0.15, -0.1) is 0 Å². The second-order valence-electron chi connectivity index (χ2n) is 2.31. The summed E-state index contributed by atoms with van der Waals surface area (Å²) in [6.07, 6.45) is -0.944. The summed E-state index contributed by atoms with van der Waals surface area (Å²) < 4.78 is 4.61. The maximum atomic E-state index is 9.11. The van der Waals surface area contributed by atoms with Crippen molar-refractivity contribution in [3.05, 3.63) is 0 Å². The highest BCUT2D eigenvalue weighted by Crippen LogP contribution is 2.07. The largest absolute Gasteiger partial charge is 0.394 e. The van der Waals surface area contributed by atoms with Crippen molar-refractivity contribution in [2.24, 2.45) is 0 Å². The van der Waals surface area contributed by atoms with Gasteiger partial charge in [-0.1, -0.05) is 0 Å². The lowest BCUT2D eigenvalue weighted by atomic mass is 10.4. The molecule has 0 aliphatic heterocycles. The monoisotopic (exact) mass is 198 g/mol. The highest BCUT2D eigenvalue weighted by molar-refractivity contribution is 7.99. The first-order valence-corrected chi connectivity index (χ1v) is 4.38. The molecule has 0 aromatic carbocycles. The second-order valence-corrected chi connectivity index (χ2v) is 3.83. The molecule has 3 nitrogen and oxygen atoms in total. The quantitative estimate of drug-likeness (QED) is 0.369. The number of thiol groups is 2. The van der Waals surface area contributed by atoms with Crippen molar-refractivity contribution in [2.45, 2.75) is 23.7 Å². The molecule has 0 rings (SSSR count). The maximum Gasteiger partial charge on any atom is 0.0978 e. The molecule has 0 saturated heterocycles. The molecule has 5 heteroatoms. The molecule has 0 amide bonds. The molecule has 2 N–H and O–H groups in total. The predicted octanol–water partition coefficient (Wildman–Crippen LogP) is -0.0696. The van der Waals surface area contributed by atoms with Gasteiger partial charge in [0.25, 0.3) is 0 Å². The minimum atomic E-state index is -0.698. The Morgan fingerprint density at radius 1 is 1.45 bits per heavy atom. The molecule has 2 unspecified atom stereocenters. The van der Waals surface area contributed by atoms with E-state index >= 15 is 0 Å². The van der Waals surface area contributed by atoms with E-state index < -0.39 is 10.7 Å². The summed E-state index contributed by atoms with van der Waals surface area (Å²) >= 11 is 7.79. The molecule has 68 valence electrons. The van der Waals surface area contributed by atoms with E-state index in [0.29, 0.717) is 0 Å². The fourth-order valence-electron chi connectivity index (χ4n) is 0.402. The normalized spacial score (nSPS) is 16.9. The molecule has 0 aliphatic carbocycles. The Kier molecular flexibility index (Phi) is 6.46. The van der Waals surface area contributed by atoms with Crippen molar-refractivity contribution >= 4 is 25.3 Å². The number of rotatable bonds is 5. The van der Waals surface area contributed by atoms with Crippen molar-refractivity contribution in [3.63, 3.8) is 0 Å². The lowest BCUT2D eigenvalue weighted by Gasteiger charge is -2.16. The third-order valence-corrected chi connectivity index (χ3v) is 1.84. The molecule has 0 fully saturated rings. The van der Waals surface area contributed by atoms with Gasteiger partial charge in [0, 0.05) is 0 Å². The summed E-state index contributed by atoms with van der Waals surface area (Å²) in [6, 6.07) is 0. The fraction of sp³-hybridized carbons (Fsp3) is 1.00. The van der Waals surface area contributed by atoms with E-state index in [9.17, 15) is 0 Å². The summed E-state index contributed by atoms with van der Waals surface area (Å²) in [5.41, 5.74) is 0. The van der Waals surface area contributed by atoms with Gasteiger partial charge in [0.1, 0.15) is 0 Å². The van der Waals surface area contributed by atoms with Crippen LogP contribution in [-0.2, 0) is 4.74 Å². The number of ether oxygens (including phenoxy) is 1. The van der Waals surface area contributed by atoms with Crippen LogP contribution < -0.4 is 0 Å². The third-order valence-electron chi connectivity index (χ3n) is 1.15. The van der Waals surface area contributed by atoms with E-state index in [2.05, 4.69) is 25.3 Å². The summed E-state index contributed by atoms with van der Waals surface area (Å²) in [7, 11) is 0. The number of aliphatic hydroxyl groups is 2. The summed E-state index contributed by atoms with van der Waals surface area (Å²) in [4.78, 5) is 0. The van der Waals surface area contributed by atoms with Gasteiger partial charge in [-0.2, -0.15) is 25.3 Å². The average Bonchev–Trinajstić information content (AvgIpc) is 1.99. The standard InChI is InChI=1S/C6H14O3S2/c1-4(2-7)9-3-5(8)6(10)11/h4-8,10-11H,2-3H2,1H3. The molecular formula is C6H14O3S2. The van der Waals surface area contributed by atoms with Gasteiger partial charge in [-0.05, 0) is 6.92 Å². The zero-order valence-electron chi connectivity index (χ0n) is 6.34. The molecule has 11 heavy (non-hydrogen) atoms. The van der Waals surface area contributed by atoms with Crippen LogP contribution in [0.5, 0.6) is 0 Å². The maximum absolute atomic E-state index is 9.11. The Morgan fingerprint density at radius 2 is 2.00 bits per heavy atom. The van der Waals surface area contributed by atoms with Crippen molar-refractivity contribution in [3.8, 4) is 0 Å². The lowest BCUT2D eigenvalue weighted by molar-refractivity contribution is -0.0182. The molecule has 0 aromatic heterocycles. The van der Waals surface area contributed by atoms with Crippen LogP contribution in [0.15, 0.2) is 0 Å². The Labute approximate surface area is 77.6 Å². The van der Waals surface area contributed by atoms with Crippen LogP contribution in [0.2, 0.25) is 0 Å². The van der Waals surface area contributed by atoms with Crippen LogP contribution >= 0.6 is 25.3 Å².